The largest absolute Gasteiger partial charge is 0.490 e. The first-order valence-electron chi connectivity index (χ1n) is 10.5. The number of carbonyl (C=O) groups excluding carboxylic acids is 1. The first-order chi connectivity index (χ1) is 16.7. The van der Waals surface area contributed by atoms with Crippen LogP contribution < -0.4 is 19.6 Å². The maximum Gasteiger partial charge on any atom is 0.453 e. The molecule has 0 bridgehead atoms. The van der Waals surface area contributed by atoms with Crippen molar-refractivity contribution in [3.05, 3.63) is 93.8 Å². The van der Waals surface area contributed by atoms with Crippen molar-refractivity contribution < 1.29 is 36.6 Å². The number of halogens is 3. The van der Waals surface area contributed by atoms with E-state index in [0.29, 0.717) is 0 Å². The van der Waals surface area contributed by atoms with Crippen LogP contribution >= 0.6 is 0 Å². The van der Waals surface area contributed by atoms with Gasteiger partial charge in [-0.25, -0.2) is 4.79 Å². The minimum atomic E-state index is -5.04. The quantitative estimate of drug-likeness (QED) is 0.229. The van der Waals surface area contributed by atoms with Gasteiger partial charge in [0.15, 0.2) is 11.5 Å². The smallest absolute Gasteiger partial charge is 0.453 e. The van der Waals surface area contributed by atoms with Gasteiger partial charge < -0.3 is 18.6 Å². The van der Waals surface area contributed by atoms with E-state index in [1.165, 1.54) is 30.3 Å². The molecule has 3 aromatic carbocycles. The number of benzene rings is 3. The number of alkyl halides is 3. The molecule has 6 nitrogen and oxygen atoms in total. The SMILES string of the molecule is CCOc1ccccc1Oc1c(C(F)(F)F)oc2cc(OC(=O)c3cccc(C)c3)ccc2c1=O. The van der Waals surface area contributed by atoms with Crippen LogP contribution in [-0.2, 0) is 6.18 Å². The molecule has 1 heterocycles. The molecule has 35 heavy (non-hydrogen) atoms. The molecule has 1 aromatic heterocycles. The van der Waals surface area contributed by atoms with Crippen LogP contribution in [0, 0.1) is 6.92 Å². The number of para-hydroxylation sites is 2. The molecular formula is C26H19F3O6. The zero-order valence-electron chi connectivity index (χ0n) is 18.6. The molecule has 0 aliphatic rings. The van der Waals surface area contributed by atoms with E-state index >= 15 is 0 Å². The summed E-state index contributed by atoms with van der Waals surface area (Å²) in [5.41, 5.74) is -0.361. The number of hydrogen-bond acceptors (Lipinski definition) is 6. The number of rotatable bonds is 6. The molecule has 0 saturated carbocycles. The second kappa shape index (κ2) is 9.54. The summed E-state index contributed by atoms with van der Waals surface area (Å²) < 4.78 is 62.6. The van der Waals surface area contributed by atoms with Crippen LogP contribution in [0.15, 0.2) is 75.9 Å². The second-order valence-electron chi connectivity index (χ2n) is 7.49. The molecular weight excluding hydrogens is 465 g/mol. The van der Waals surface area contributed by atoms with Crippen molar-refractivity contribution in [1.29, 1.82) is 0 Å². The molecule has 0 amide bonds. The fourth-order valence-electron chi connectivity index (χ4n) is 3.36. The van der Waals surface area contributed by atoms with Crippen LogP contribution in [0.5, 0.6) is 23.0 Å². The lowest BCUT2D eigenvalue weighted by atomic mass is 10.1. The van der Waals surface area contributed by atoms with Crippen molar-refractivity contribution in [2.24, 2.45) is 0 Å². The molecule has 4 rings (SSSR count). The summed E-state index contributed by atoms with van der Waals surface area (Å²) in [6.07, 6.45) is -5.04. The molecule has 4 aromatic rings. The molecule has 0 saturated heterocycles. The summed E-state index contributed by atoms with van der Waals surface area (Å²) in [4.78, 5) is 25.4. The first-order valence-corrected chi connectivity index (χ1v) is 10.5. The van der Waals surface area contributed by atoms with Crippen LogP contribution in [0.25, 0.3) is 11.0 Å². The molecule has 9 heteroatoms. The first kappa shape index (κ1) is 23.9. The topological polar surface area (TPSA) is 75.0 Å². The van der Waals surface area contributed by atoms with Gasteiger partial charge in [-0.2, -0.15) is 13.2 Å². The van der Waals surface area contributed by atoms with Crippen LogP contribution in [0.3, 0.4) is 0 Å². The molecule has 0 N–H and O–H groups in total. The summed E-state index contributed by atoms with van der Waals surface area (Å²) in [6, 6.07) is 16.2. The van der Waals surface area contributed by atoms with Gasteiger partial charge in [0.25, 0.3) is 5.76 Å². The monoisotopic (exact) mass is 484 g/mol. The molecule has 0 aliphatic heterocycles. The Balaban J connectivity index is 1.76. The predicted molar refractivity (Wildman–Crippen MR) is 121 cm³/mol. The zero-order valence-corrected chi connectivity index (χ0v) is 18.6. The fraction of sp³-hybridized carbons (Fsp3) is 0.154. The van der Waals surface area contributed by atoms with E-state index in [1.54, 1.807) is 44.2 Å². The van der Waals surface area contributed by atoms with Gasteiger partial charge in [-0.1, -0.05) is 29.8 Å². The third kappa shape index (κ3) is 5.13. The molecule has 0 spiro atoms. The second-order valence-corrected chi connectivity index (χ2v) is 7.49. The van der Waals surface area contributed by atoms with Gasteiger partial charge in [-0.3, -0.25) is 4.79 Å². The van der Waals surface area contributed by atoms with Crippen molar-refractivity contribution in [3.8, 4) is 23.0 Å². The van der Waals surface area contributed by atoms with E-state index in [9.17, 15) is 22.8 Å². The van der Waals surface area contributed by atoms with Gasteiger partial charge in [-0.15, -0.1) is 0 Å². The fourth-order valence-corrected chi connectivity index (χ4v) is 3.36. The highest BCUT2D eigenvalue weighted by molar-refractivity contribution is 5.92. The standard InChI is InChI=1S/C26H19F3O6/c1-3-32-19-9-4-5-10-20(19)34-23-22(30)18-12-11-17(14-21(18)35-24(23)26(27,28)29)33-25(31)16-8-6-7-15(2)13-16/h4-14H,3H2,1-2H3. The highest BCUT2D eigenvalue weighted by Gasteiger charge is 2.40. The van der Waals surface area contributed by atoms with Crippen molar-refractivity contribution in [2.75, 3.05) is 6.61 Å². The van der Waals surface area contributed by atoms with Gasteiger partial charge in [-0.05, 0) is 50.2 Å². The molecule has 0 atom stereocenters. The predicted octanol–water partition coefficient (Wildman–Crippen LogP) is 6.53. The van der Waals surface area contributed by atoms with Gasteiger partial charge in [0, 0.05) is 6.07 Å². The maximum atomic E-state index is 13.8. The Morgan fingerprint density at radius 2 is 1.71 bits per heavy atom. The number of fused-ring (bicyclic) bond motifs is 1. The number of ether oxygens (including phenoxy) is 3. The molecule has 180 valence electrons. The minimum absolute atomic E-state index is 0.0739. The number of esters is 1. The number of carbonyl (C=O) groups is 1. The van der Waals surface area contributed by atoms with E-state index in [4.69, 9.17) is 18.6 Å². The number of hydrogen-bond donors (Lipinski definition) is 0. The van der Waals surface area contributed by atoms with Crippen LogP contribution in [0.4, 0.5) is 13.2 Å². The molecule has 0 fully saturated rings. The van der Waals surface area contributed by atoms with E-state index < -0.39 is 34.7 Å². The highest BCUT2D eigenvalue weighted by Crippen LogP contribution is 2.40. The minimum Gasteiger partial charge on any atom is -0.490 e. The van der Waals surface area contributed by atoms with Gasteiger partial charge in [0.05, 0.1) is 17.6 Å². The number of aryl methyl sites for hydroxylation is 1. The van der Waals surface area contributed by atoms with Crippen LogP contribution in [0.2, 0.25) is 0 Å². The summed E-state index contributed by atoms with van der Waals surface area (Å²) in [5.74, 6) is -3.35. The maximum absolute atomic E-state index is 13.8. The van der Waals surface area contributed by atoms with Crippen LogP contribution in [0.1, 0.15) is 28.6 Å². The van der Waals surface area contributed by atoms with Crippen molar-refractivity contribution in [3.63, 3.8) is 0 Å². The Bertz CT molecular complexity index is 1460. The van der Waals surface area contributed by atoms with Gasteiger partial charge in [0.1, 0.15) is 11.3 Å². The van der Waals surface area contributed by atoms with E-state index in [0.717, 1.165) is 11.6 Å². The lowest BCUT2D eigenvalue weighted by Crippen LogP contribution is -2.16. The van der Waals surface area contributed by atoms with E-state index in [-0.39, 0.29) is 34.8 Å². The van der Waals surface area contributed by atoms with E-state index in [1.807, 2.05) is 0 Å². The Morgan fingerprint density at radius 1 is 0.971 bits per heavy atom. The van der Waals surface area contributed by atoms with Gasteiger partial charge in [0.2, 0.25) is 11.2 Å². The Kier molecular flexibility index (Phi) is 6.50. The molecule has 0 radical (unpaired) electrons. The normalized spacial score (nSPS) is 11.3. The molecule has 0 aliphatic carbocycles. The van der Waals surface area contributed by atoms with Crippen molar-refractivity contribution in [1.82, 2.24) is 0 Å². The Labute approximate surface area is 197 Å². The Morgan fingerprint density at radius 3 is 2.40 bits per heavy atom. The van der Waals surface area contributed by atoms with Gasteiger partial charge >= 0.3 is 12.1 Å². The zero-order chi connectivity index (χ0) is 25.2. The summed E-state index contributed by atoms with van der Waals surface area (Å²) in [5, 5.41) is -0.183. The third-order valence-corrected chi connectivity index (χ3v) is 4.90. The average Bonchev–Trinajstić information content (AvgIpc) is 2.81. The highest BCUT2D eigenvalue weighted by atomic mass is 19.4. The van der Waals surface area contributed by atoms with E-state index in [2.05, 4.69) is 0 Å². The molecule has 0 unspecified atom stereocenters. The Hall–Kier alpha value is -4.27. The van der Waals surface area contributed by atoms with Crippen molar-refractivity contribution >= 4 is 16.9 Å². The average molecular weight is 484 g/mol. The van der Waals surface area contributed by atoms with Crippen LogP contribution in [-0.4, -0.2) is 12.6 Å². The lowest BCUT2D eigenvalue weighted by Gasteiger charge is -2.15. The summed E-state index contributed by atoms with van der Waals surface area (Å²) in [6.45, 7) is 3.74. The lowest BCUT2D eigenvalue weighted by molar-refractivity contribution is -0.154. The van der Waals surface area contributed by atoms with Crippen molar-refractivity contribution in [2.45, 2.75) is 20.0 Å². The summed E-state index contributed by atoms with van der Waals surface area (Å²) in [7, 11) is 0. The third-order valence-electron chi connectivity index (χ3n) is 4.90. The summed E-state index contributed by atoms with van der Waals surface area (Å²) >= 11 is 0.